The summed E-state index contributed by atoms with van der Waals surface area (Å²) in [5.74, 6) is -1.68. The second kappa shape index (κ2) is 13.9. The van der Waals surface area contributed by atoms with E-state index in [-0.39, 0.29) is 54.7 Å². The van der Waals surface area contributed by atoms with E-state index in [9.17, 15) is 9.59 Å². The molecular weight excluding hydrogens is 542 g/mol. The van der Waals surface area contributed by atoms with Crippen molar-refractivity contribution in [2.45, 2.75) is 58.8 Å². The van der Waals surface area contributed by atoms with Crippen LogP contribution in [-0.2, 0) is 20.9 Å². The molecule has 0 bridgehead atoms. The first kappa shape index (κ1) is 31.1. The minimum Gasteiger partial charge on any atom is -0.385 e. The highest BCUT2D eigenvalue weighted by molar-refractivity contribution is 5.89. The third-order valence-electron chi connectivity index (χ3n) is 7.56. The number of halogens is 2. The lowest BCUT2D eigenvalue weighted by atomic mass is 9.95. The van der Waals surface area contributed by atoms with Crippen LogP contribution < -0.4 is 5.32 Å². The molecule has 1 saturated heterocycles. The van der Waals surface area contributed by atoms with Crippen molar-refractivity contribution in [3.05, 3.63) is 77.4 Å². The van der Waals surface area contributed by atoms with Gasteiger partial charge in [0.05, 0.1) is 11.9 Å². The molecule has 2 aromatic heterocycles. The Hall–Kier alpha value is -3.83. The maximum absolute atomic E-state index is 15.3. The number of ether oxygens (including phenoxy) is 1. The van der Waals surface area contributed by atoms with Crippen molar-refractivity contribution in [1.29, 1.82) is 0 Å². The van der Waals surface area contributed by atoms with Gasteiger partial charge in [-0.15, -0.1) is 0 Å². The zero-order chi connectivity index (χ0) is 30.4. The zero-order valence-electron chi connectivity index (χ0n) is 24.7. The van der Waals surface area contributed by atoms with Gasteiger partial charge in [0.1, 0.15) is 11.9 Å². The molecule has 42 heavy (non-hydrogen) atoms. The van der Waals surface area contributed by atoms with Gasteiger partial charge in [0.15, 0.2) is 11.6 Å². The summed E-state index contributed by atoms with van der Waals surface area (Å²) in [6.45, 7) is 7.86. The van der Waals surface area contributed by atoms with Crippen LogP contribution in [0.5, 0.6) is 0 Å². The number of nitrogens with one attached hydrogen (secondary N) is 1. The van der Waals surface area contributed by atoms with Gasteiger partial charge in [-0.05, 0) is 31.9 Å². The molecule has 0 spiro atoms. The lowest BCUT2D eigenvalue weighted by molar-refractivity contribution is -0.151. The summed E-state index contributed by atoms with van der Waals surface area (Å²) in [7, 11) is 1.53. The van der Waals surface area contributed by atoms with Crippen molar-refractivity contribution in [1.82, 2.24) is 30.1 Å². The van der Waals surface area contributed by atoms with Crippen LogP contribution in [0.25, 0.3) is 11.4 Å². The summed E-state index contributed by atoms with van der Waals surface area (Å²) in [5, 5.41) is 2.97. The van der Waals surface area contributed by atoms with Gasteiger partial charge >= 0.3 is 0 Å². The number of carbonyl (C=O) groups is 2. The van der Waals surface area contributed by atoms with Crippen LogP contribution in [0.4, 0.5) is 8.78 Å². The number of hydrogen-bond acceptors (Lipinski definition) is 7. The number of aryl methyl sites for hydroxylation is 1. The van der Waals surface area contributed by atoms with Gasteiger partial charge in [0, 0.05) is 74.9 Å². The van der Waals surface area contributed by atoms with Gasteiger partial charge in [0.25, 0.3) is 0 Å². The van der Waals surface area contributed by atoms with Crippen LogP contribution in [0.15, 0.2) is 48.9 Å². The van der Waals surface area contributed by atoms with E-state index in [1.165, 1.54) is 14.0 Å². The smallest absolute Gasteiger partial charge is 0.244 e. The fraction of sp³-hybridized carbons (Fsp3) is 0.452. The van der Waals surface area contributed by atoms with Gasteiger partial charge in [-0.3, -0.25) is 19.5 Å². The van der Waals surface area contributed by atoms with E-state index in [2.05, 4.69) is 20.3 Å². The average molecular weight is 581 g/mol. The Kier molecular flexibility index (Phi) is 10.3. The lowest BCUT2D eigenvalue weighted by Crippen LogP contribution is -2.65. The van der Waals surface area contributed by atoms with E-state index in [0.29, 0.717) is 18.8 Å². The van der Waals surface area contributed by atoms with Gasteiger partial charge in [0.2, 0.25) is 11.8 Å². The molecule has 4 rings (SSSR count). The Morgan fingerprint density at radius 3 is 2.43 bits per heavy atom. The van der Waals surface area contributed by atoms with E-state index in [0.717, 1.165) is 17.3 Å². The number of methoxy groups -OCH3 is 1. The predicted octanol–water partition coefficient (Wildman–Crippen LogP) is 4.08. The number of piperazine rings is 1. The van der Waals surface area contributed by atoms with E-state index >= 15 is 8.78 Å². The van der Waals surface area contributed by atoms with Crippen LogP contribution in [-0.4, -0.2) is 75.5 Å². The Balaban J connectivity index is 1.58. The van der Waals surface area contributed by atoms with Crippen LogP contribution in [0.1, 0.15) is 50.1 Å². The zero-order valence-corrected chi connectivity index (χ0v) is 24.7. The van der Waals surface area contributed by atoms with Crippen molar-refractivity contribution in [3.63, 3.8) is 0 Å². The number of hydrogen-bond donors (Lipinski definition) is 1. The van der Waals surface area contributed by atoms with E-state index < -0.39 is 23.7 Å². The Labute approximate surface area is 245 Å². The second-order valence-corrected chi connectivity index (χ2v) is 10.9. The average Bonchev–Trinajstić information content (AvgIpc) is 2.99. The van der Waals surface area contributed by atoms with Crippen molar-refractivity contribution < 1.29 is 23.1 Å². The molecule has 1 aromatic carbocycles. The minimum atomic E-state index is -0.861. The molecule has 3 heterocycles. The molecule has 224 valence electrons. The summed E-state index contributed by atoms with van der Waals surface area (Å²) in [6.07, 6.45) is 4.67. The maximum atomic E-state index is 15.3. The Morgan fingerprint density at radius 2 is 1.79 bits per heavy atom. The molecule has 3 atom stereocenters. The van der Waals surface area contributed by atoms with E-state index in [1.54, 1.807) is 37.2 Å². The number of rotatable bonds is 10. The van der Waals surface area contributed by atoms with Crippen LogP contribution in [0.2, 0.25) is 0 Å². The topological polar surface area (TPSA) is 101 Å². The first-order valence-corrected chi connectivity index (χ1v) is 14.1. The molecule has 0 saturated carbocycles. The fourth-order valence-electron chi connectivity index (χ4n) is 5.40. The Bertz CT molecular complexity index is 1370. The highest BCUT2D eigenvalue weighted by Crippen LogP contribution is 2.33. The molecule has 2 amide bonds. The van der Waals surface area contributed by atoms with Crippen molar-refractivity contribution in [3.8, 4) is 11.4 Å². The van der Waals surface area contributed by atoms with Gasteiger partial charge < -0.3 is 15.0 Å². The third kappa shape index (κ3) is 6.96. The summed E-state index contributed by atoms with van der Waals surface area (Å²) in [6, 6.07) is 7.33. The number of benzene rings is 1. The predicted molar refractivity (Wildman–Crippen MR) is 154 cm³/mol. The van der Waals surface area contributed by atoms with Crippen molar-refractivity contribution >= 4 is 11.8 Å². The van der Waals surface area contributed by atoms with E-state index in [1.807, 2.05) is 36.1 Å². The number of nitrogens with zero attached hydrogens (tertiary/aromatic N) is 5. The quantitative estimate of drug-likeness (QED) is 0.386. The molecule has 0 aliphatic carbocycles. The minimum absolute atomic E-state index is 0.0922. The molecule has 3 aromatic rings. The summed E-state index contributed by atoms with van der Waals surface area (Å²) in [5.41, 5.74) is 1.70. The molecule has 11 heteroatoms. The van der Waals surface area contributed by atoms with Gasteiger partial charge in [-0.1, -0.05) is 38.1 Å². The summed E-state index contributed by atoms with van der Waals surface area (Å²) < 4.78 is 35.6. The second-order valence-electron chi connectivity index (χ2n) is 10.9. The first-order valence-electron chi connectivity index (χ1n) is 14.1. The molecule has 9 nitrogen and oxygen atoms in total. The molecule has 0 unspecified atom stereocenters. The number of aromatic nitrogens is 3. The largest absolute Gasteiger partial charge is 0.385 e. The fourth-order valence-corrected chi connectivity index (χ4v) is 5.40. The maximum Gasteiger partial charge on any atom is 0.244 e. The van der Waals surface area contributed by atoms with Crippen LogP contribution in [0, 0.1) is 24.5 Å². The molecule has 0 radical (unpaired) electrons. The molecule has 1 aliphatic rings. The third-order valence-corrected chi connectivity index (χ3v) is 7.56. The molecule has 1 aliphatic heterocycles. The highest BCUT2D eigenvalue weighted by atomic mass is 19.1. The highest BCUT2D eigenvalue weighted by Gasteiger charge is 2.43. The number of amides is 2. The lowest BCUT2D eigenvalue weighted by Gasteiger charge is -2.48. The SMILES string of the molecule is COCC[C@H](c1c(F)cnc(C)c1F)N1C[C@@H](C)N(C(=O)C(C)C)[C@@H](C(=O)NCc2ccc(-c3ncccn3)cc2)C1. The molecule has 1 fully saturated rings. The number of pyridine rings is 1. The first-order chi connectivity index (χ1) is 20.1. The molecular formula is C31H38F2N6O3. The summed E-state index contributed by atoms with van der Waals surface area (Å²) >= 11 is 0. The van der Waals surface area contributed by atoms with Gasteiger partial charge in [-0.2, -0.15) is 0 Å². The normalized spacial score (nSPS) is 18.2. The van der Waals surface area contributed by atoms with Crippen molar-refractivity contribution in [2.24, 2.45) is 5.92 Å². The van der Waals surface area contributed by atoms with E-state index in [4.69, 9.17) is 4.74 Å². The van der Waals surface area contributed by atoms with Crippen molar-refractivity contribution in [2.75, 3.05) is 26.8 Å². The van der Waals surface area contributed by atoms with Crippen LogP contribution in [0.3, 0.4) is 0 Å². The van der Waals surface area contributed by atoms with Crippen LogP contribution >= 0.6 is 0 Å². The Morgan fingerprint density at radius 1 is 1.10 bits per heavy atom. The van der Waals surface area contributed by atoms with Gasteiger partial charge in [-0.25, -0.2) is 18.7 Å². The monoisotopic (exact) mass is 580 g/mol. The summed E-state index contributed by atoms with van der Waals surface area (Å²) in [4.78, 5) is 42.8. The molecule has 1 N–H and O–H groups in total. The number of carbonyl (C=O) groups excluding carboxylic acids is 2. The standard InChI is InChI=1S/C31H38F2N6O3/c1-19(2)31(41)39-20(3)17-38(25(11-14-42-5)27-24(32)16-36-21(4)28(27)33)18-26(39)30(40)37-15-22-7-9-23(10-8-22)29-34-12-6-13-35-29/h6-10,12-13,16,19-20,25-26H,11,14-15,17-18H2,1-5H3,(H,37,40)/t20-,25-,26-/m1/s1.